The maximum atomic E-state index is 5.75. The van der Waals surface area contributed by atoms with Crippen LogP contribution >= 0.6 is 0 Å². The number of pyridine rings is 1. The van der Waals surface area contributed by atoms with Crippen molar-refractivity contribution < 1.29 is 0 Å². The summed E-state index contributed by atoms with van der Waals surface area (Å²) >= 11 is 0. The van der Waals surface area contributed by atoms with E-state index in [0.29, 0.717) is 5.92 Å². The van der Waals surface area contributed by atoms with Crippen LogP contribution in [0.15, 0.2) is 18.2 Å². The molecule has 2 heteroatoms. The Balaban J connectivity index is 2.68. The van der Waals surface area contributed by atoms with E-state index in [4.69, 9.17) is 10.7 Å². The van der Waals surface area contributed by atoms with Crippen LogP contribution in [0.5, 0.6) is 0 Å². The highest BCUT2D eigenvalue weighted by Gasteiger charge is 2.11. The molecule has 0 radical (unpaired) electrons. The summed E-state index contributed by atoms with van der Waals surface area (Å²) in [5.41, 5.74) is 11.9. The van der Waals surface area contributed by atoms with Crippen molar-refractivity contribution >= 4 is 10.9 Å². The zero-order valence-corrected chi connectivity index (χ0v) is 11.7. The number of aromatic nitrogens is 1. The molecule has 0 spiro atoms. The summed E-state index contributed by atoms with van der Waals surface area (Å²) < 4.78 is 0. The molecule has 1 heterocycles. The van der Waals surface area contributed by atoms with Crippen molar-refractivity contribution in [1.82, 2.24) is 4.98 Å². The molecule has 2 aromatic rings. The molecule has 0 bridgehead atoms. The molecule has 0 saturated heterocycles. The first kappa shape index (κ1) is 13.0. The van der Waals surface area contributed by atoms with Gasteiger partial charge in [0.1, 0.15) is 0 Å². The number of benzene rings is 1. The molecule has 0 aliphatic rings. The number of rotatable bonds is 3. The Hall–Kier alpha value is -1.41. The minimum Gasteiger partial charge on any atom is -0.330 e. The molecule has 2 nitrogen and oxygen atoms in total. The highest BCUT2D eigenvalue weighted by Crippen LogP contribution is 2.26. The number of fused-ring (bicyclic) bond motifs is 1. The predicted octanol–water partition coefficient (Wildman–Crippen LogP) is 3.30. The van der Waals surface area contributed by atoms with Crippen LogP contribution in [0.3, 0.4) is 0 Å². The Morgan fingerprint density at radius 2 is 1.83 bits per heavy atom. The van der Waals surface area contributed by atoms with Gasteiger partial charge in [0, 0.05) is 11.1 Å². The van der Waals surface area contributed by atoms with Crippen molar-refractivity contribution in [1.29, 1.82) is 0 Å². The smallest absolute Gasteiger partial charge is 0.0739 e. The summed E-state index contributed by atoms with van der Waals surface area (Å²) in [7, 11) is 0. The number of nitrogens with two attached hydrogens (primary N) is 1. The molecule has 1 aromatic heterocycles. The molecule has 2 rings (SSSR count). The molecule has 1 aromatic carbocycles. The van der Waals surface area contributed by atoms with Gasteiger partial charge in [-0.3, -0.25) is 4.98 Å². The third-order valence-electron chi connectivity index (χ3n) is 3.55. The van der Waals surface area contributed by atoms with E-state index >= 15 is 0 Å². The molecule has 0 aliphatic heterocycles. The summed E-state index contributed by atoms with van der Waals surface area (Å²) in [6.07, 6.45) is 1.03. The van der Waals surface area contributed by atoms with Crippen LogP contribution in [0.4, 0.5) is 0 Å². The average Bonchev–Trinajstić information content (AvgIpc) is 2.33. The van der Waals surface area contributed by atoms with E-state index in [9.17, 15) is 0 Å². The topological polar surface area (TPSA) is 38.9 Å². The minimum absolute atomic E-state index is 0.509. The van der Waals surface area contributed by atoms with Crippen molar-refractivity contribution in [3.8, 4) is 0 Å². The summed E-state index contributed by atoms with van der Waals surface area (Å²) in [5, 5.41) is 1.32. The zero-order valence-electron chi connectivity index (χ0n) is 11.7. The first-order valence-corrected chi connectivity index (χ1v) is 6.59. The van der Waals surface area contributed by atoms with Crippen molar-refractivity contribution in [2.24, 2.45) is 11.7 Å². The number of hydrogen-bond acceptors (Lipinski definition) is 2. The largest absolute Gasteiger partial charge is 0.330 e. The van der Waals surface area contributed by atoms with Gasteiger partial charge in [-0.2, -0.15) is 0 Å². The second-order valence-electron chi connectivity index (χ2n) is 5.39. The Kier molecular flexibility index (Phi) is 3.67. The number of hydrogen-bond donors (Lipinski definition) is 1. The van der Waals surface area contributed by atoms with Gasteiger partial charge >= 0.3 is 0 Å². The maximum absolute atomic E-state index is 5.75. The lowest BCUT2D eigenvalue weighted by Gasteiger charge is -2.15. The molecule has 0 aliphatic carbocycles. The normalized spacial score (nSPS) is 12.9. The van der Waals surface area contributed by atoms with Gasteiger partial charge in [-0.05, 0) is 62.4 Å². The lowest BCUT2D eigenvalue weighted by molar-refractivity contribution is 0.594. The summed E-state index contributed by atoms with van der Waals surface area (Å²) in [5.74, 6) is 0.509. The van der Waals surface area contributed by atoms with Gasteiger partial charge in [-0.1, -0.05) is 19.1 Å². The third-order valence-corrected chi connectivity index (χ3v) is 3.55. The Morgan fingerprint density at radius 3 is 2.50 bits per heavy atom. The van der Waals surface area contributed by atoms with Gasteiger partial charge in [0.25, 0.3) is 0 Å². The maximum Gasteiger partial charge on any atom is 0.0739 e. The fraction of sp³-hybridized carbons (Fsp3) is 0.438. The van der Waals surface area contributed by atoms with Gasteiger partial charge in [0.05, 0.1) is 5.52 Å². The molecular formula is C16H22N2. The second-order valence-corrected chi connectivity index (χ2v) is 5.39. The second kappa shape index (κ2) is 5.07. The molecule has 0 amide bonds. The van der Waals surface area contributed by atoms with Crippen molar-refractivity contribution in [2.45, 2.75) is 34.1 Å². The fourth-order valence-electron chi connectivity index (χ4n) is 2.50. The van der Waals surface area contributed by atoms with Gasteiger partial charge in [-0.15, -0.1) is 0 Å². The van der Waals surface area contributed by atoms with E-state index in [0.717, 1.165) is 24.2 Å². The summed E-state index contributed by atoms with van der Waals surface area (Å²) in [6.45, 7) is 9.29. The highest BCUT2D eigenvalue weighted by molar-refractivity contribution is 5.88. The third kappa shape index (κ3) is 2.39. The van der Waals surface area contributed by atoms with Crippen LogP contribution < -0.4 is 5.73 Å². The van der Waals surface area contributed by atoms with Gasteiger partial charge in [-0.25, -0.2) is 0 Å². The van der Waals surface area contributed by atoms with E-state index in [1.54, 1.807) is 0 Å². The van der Waals surface area contributed by atoms with E-state index < -0.39 is 0 Å². The Labute approximate surface area is 109 Å². The van der Waals surface area contributed by atoms with E-state index in [-0.39, 0.29) is 0 Å². The predicted molar refractivity (Wildman–Crippen MR) is 77.9 cm³/mol. The SMILES string of the molecule is Cc1cc(CC(C)CN)c2c(C)ccc(C)c2n1. The zero-order chi connectivity index (χ0) is 13.3. The van der Waals surface area contributed by atoms with Gasteiger partial charge < -0.3 is 5.73 Å². The van der Waals surface area contributed by atoms with E-state index in [2.05, 4.69) is 45.9 Å². The lowest BCUT2D eigenvalue weighted by Crippen LogP contribution is -2.13. The van der Waals surface area contributed by atoms with E-state index in [1.165, 1.54) is 22.1 Å². The van der Waals surface area contributed by atoms with Crippen LogP contribution in [0.25, 0.3) is 10.9 Å². The van der Waals surface area contributed by atoms with Crippen molar-refractivity contribution in [3.05, 3.63) is 40.6 Å². The monoisotopic (exact) mass is 242 g/mol. The van der Waals surface area contributed by atoms with Crippen molar-refractivity contribution in [2.75, 3.05) is 6.54 Å². The number of aryl methyl sites for hydroxylation is 3. The van der Waals surface area contributed by atoms with Crippen LogP contribution in [0.2, 0.25) is 0 Å². The lowest BCUT2D eigenvalue weighted by atomic mass is 9.94. The summed E-state index contributed by atoms with van der Waals surface area (Å²) in [4.78, 5) is 4.70. The molecule has 1 unspecified atom stereocenters. The van der Waals surface area contributed by atoms with Crippen LogP contribution in [-0.2, 0) is 6.42 Å². The fourth-order valence-corrected chi connectivity index (χ4v) is 2.50. The first-order chi connectivity index (χ1) is 8.52. The molecule has 0 fully saturated rings. The molecule has 18 heavy (non-hydrogen) atoms. The van der Waals surface area contributed by atoms with E-state index in [1.807, 2.05) is 0 Å². The Morgan fingerprint density at radius 1 is 1.17 bits per heavy atom. The molecular weight excluding hydrogens is 220 g/mol. The van der Waals surface area contributed by atoms with Crippen LogP contribution in [-0.4, -0.2) is 11.5 Å². The molecule has 0 saturated carbocycles. The van der Waals surface area contributed by atoms with Gasteiger partial charge in [0.15, 0.2) is 0 Å². The summed E-state index contributed by atoms with van der Waals surface area (Å²) in [6, 6.07) is 6.55. The first-order valence-electron chi connectivity index (χ1n) is 6.59. The average molecular weight is 242 g/mol. The molecule has 1 atom stereocenters. The van der Waals surface area contributed by atoms with Crippen LogP contribution in [0, 0.1) is 26.7 Å². The standard InChI is InChI=1S/C16H22N2/c1-10(9-17)7-14-8-13(4)18-16-12(3)6-5-11(2)15(14)16/h5-6,8,10H,7,9,17H2,1-4H3. The minimum atomic E-state index is 0.509. The molecule has 2 N–H and O–H groups in total. The molecule has 96 valence electrons. The number of nitrogens with zero attached hydrogens (tertiary/aromatic N) is 1. The van der Waals surface area contributed by atoms with Crippen LogP contribution in [0.1, 0.15) is 29.3 Å². The Bertz CT molecular complexity index is 573. The van der Waals surface area contributed by atoms with Crippen molar-refractivity contribution in [3.63, 3.8) is 0 Å². The highest BCUT2D eigenvalue weighted by atomic mass is 14.7. The van der Waals surface area contributed by atoms with Gasteiger partial charge in [0.2, 0.25) is 0 Å². The quantitative estimate of drug-likeness (QED) is 0.897.